The number of nitrogens with zero attached hydrogens (tertiary/aromatic N) is 4. The lowest BCUT2D eigenvalue weighted by Gasteiger charge is -2.09. The van der Waals surface area contributed by atoms with Crippen molar-refractivity contribution in [3.8, 4) is 23.0 Å². The van der Waals surface area contributed by atoms with Crippen molar-refractivity contribution in [2.45, 2.75) is 12.5 Å². The van der Waals surface area contributed by atoms with Crippen LogP contribution in [0.25, 0.3) is 23.0 Å². The minimum Gasteiger partial charge on any atom is -0.348 e. The molecular weight excluding hydrogens is 414 g/mol. The number of carbonyl (C=O) groups excluding carboxylic acids is 1. The third-order valence-electron chi connectivity index (χ3n) is 4.95. The molecule has 31 heavy (non-hydrogen) atoms. The number of hydrogen-bond acceptors (Lipinski definition) is 6. The highest BCUT2D eigenvalue weighted by Gasteiger charge is 2.29. The minimum atomic E-state index is -3.14. The first kappa shape index (κ1) is 20.5. The number of benzene rings is 1. The predicted molar refractivity (Wildman–Crippen MR) is 116 cm³/mol. The third-order valence-corrected chi connectivity index (χ3v) is 6.72. The van der Waals surface area contributed by atoms with Gasteiger partial charge in [0, 0.05) is 35.8 Å². The Labute approximate surface area is 179 Å². The van der Waals surface area contributed by atoms with Crippen LogP contribution in [-0.4, -0.2) is 46.6 Å². The smallest absolute Gasteiger partial charge is 0.262 e. The summed E-state index contributed by atoms with van der Waals surface area (Å²) in [6, 6.07) is 14.5. The van der Waals surface area contributed by atoms with Gasteiger partial charge in [-0.2, -0.15) is 10.4 Å². The van der Waals surface area contributed by atoms with Gasteiger partial charge < -0.3 is 5.32 Å². The Balaban J connectivity index is 1.69. The molecule has 4 rings (SSSR count). The molecule has 8 nitrogen and oxygen atoms in total. The summed E-state index contributed by atoms with van der Waals surface area (Å²) in [5.74, 6) is -0.664. The fourth-order valence-electron chi connectivity index (χ4n) is 3.42. The molecule has 9 heteroatoms. The van der Waals surface area contributed by atoms with Crippen LogP contribution in [0.3, 0.4) is 0 Å². The summed E-state index contributed by atoms with van der Waals surface area (Å²) in [5.41, 5.74) is 2.68. The Kier molecular flexibility index (Phi) is 5.64. The van der Waals surface area contributed by atoms with E-state index in [9.17, 15) is 18.5 Å². The summed E-state index contributed by atoms with van der Waals surface area (Å²) >= 11 is 0. The lowest BCUT2D eigenvalue weighted by Crippen LogP contribution is -2.36. The minimum absolute atomic E-state index is 0.0413. The number of sulfone groups is 1. The van der Waals surface area contributed by atoms with Gasteiger partial charge in [0.25, 0.3) is 5.91 Å². The molecule has 3 aromatic rings. The van der Waals surface area contributed by atoms with Crippen molar-refractivity contribution in [3.05, 3.63) is 72.2 Å². The molecule has 2 aromatic heterocycles. The number of pyridine rings is 1. The molecule has 0 bridgehead atoms. The molecule has 0 saturated carbocycles. The van der Waals surface area contributed by atoms with Crippen LogP contribution >= 0.6 is 0 Å². The molecular formula is C22H19N5O3S. The summed E-state index contributed by atoms with van der Waals surface area (Å²) in [7, 11) is -3.14. The summed E-state index contributed by atoms with van der Waals surface area (Å²) < 4.78 is 25.0. The Morgan fingerprint density at radius 2 is 1.94 bits per heavy atom. The standard InChI is InChI=1S/C22H19N5O3S/c23-13-17(22(28)25-19-8-11-31(29,30)15-19)12-18-14-27(20-4-2-1-3-5-20)26-21(18)16-6-9-24-10-7-16/h1-7,9-10,12,14,19H,8,11,15H2,(H,25,28)/b17-12+. The van der Waals surface area contributed by atoms with E-state index in [1.54, 1.807) is 35.4 Å². The number of para-hydroxylation sites is 1. The van der Waals surface area contributed by atoms with E-state index in [4.69, 9.17) is 0 Å². The van der Waals surface area contributed by atoms with Crippen molar-refractivity contribution < 1.29 is 13.2 Å². The number of nitrogens with one attached hydrogen (secondary N) is 1. The number of amides is 1. The molecule has 1 amide bonds. The molecule has 0 spiro atoms. The average molecular weight is 433 g/mol. The zero-order chi connectivity index (χ0) is 21.8. The monoisotopic (exact) mass is 433 g/mol. The molecule has 156 valence electrons. The summed E-state index contributed by atoms with van der Waals surface area (Å²) in [6.45, 7) is 0. The van der Waals surface area contributed by atoms with Crippen molar-refractivity contribution in [2.75, 3.05) is 11.5 Å². The van der Waals surface area contributed by atoms with Crippen LogP contribution in [0, 0.1) is 11.3 Å². The highest BCUT2D eigenvalue weighted by Crippen LogP contribution is 2.25. The van der Waals surface area contributed by atoms with Gasteiger partial charge in [-0.05, 0) is 36.8 Å². The van der Waals surface area contributed by atoms with Crippen LogP contribution in [0.5, 0.6) is 0 Å². The van der Waals surface area contributed by atoms with Crippen molar-refractivity contribution in [3.63, 3.8) is 0 Å². The first-order valence-electron chi connectivity index (χ1n) is 9.64. The summed E-state index contributed by atoms with van der Waals surface area (Å²) in [6.07, 6.45) is 6.85. The molecule has 1 unspecified atom stereocenters. The first-order chi connectivity index (χ1) is 14.9. The molecule has 1 saturated heterocycles. The van der Waals surface area contributed by atoms with E-state index in [1.807, 2.05) is 36.4 Å². The van der Waals surface area contributed by atoms with E-state index in [0.717, 1.165) is 11.3 Å². The van der Waals surface area contributed by atoms with Gasteiger partial charge >= 0.3 is 0 Å². The molecule has 0 aliphatic carbocycles. The van der Waals surface area contributed by atoms with Gasteiger partial charge in [0.05, 0.1) is 17.2 Å². The molecule has 1 aliphatic heterocycles. The van der Waals surface area contributed by atoms with Gasteiger partial charge in [0.15, 0.2) is 9.84 Å². The third kappa shape index (κ3) is 4.70. The number of nitriles is 1. The quantitative estimate of drug-likeness (QED) is 0.487. The largest absolute Gasteiger partial charge is 0.348 e. The Hall–Kier alpha value is -3.77. The van der Waals surface area contributed by atoms with Crippen LogP contribution in [0.2, 0.25) is 0 Å². The van der Waals surface area contributed by atoms with Gasteiger partial charge in [0.1, 0.15) is 17.3 Å². The van der Waals surface area contributed by atoms with Gasteiger partial charge in [-0.3, -0.25) is 9.78 Å². The molecule has 1 aliphatic rings. The van der Waals surface area contributed by atoms with Crippen molar-refractivity contribution >= 4 is 21.8 Å². The lowest BCUT2D eigenvalue weighted by atomic mass is 10.1. The van der Waals surface area contributed by atoms with Crippen LogP contribution in [-0.2, 0) is 14.6 Å². The number of aromatic nitrogens is 3. The maximum Gasteiger partial charge on any atom is 0.262 e. The molecule has 1 atom stereocenters. The summed E-state index contributed by atoms with van der Waals surface area (Å²) in [5, 5.41) is 16.9. The highest BCUT2D eigenvalue weighted by molar-refractivity contribution is 7.91. The first-order valence-corrected chi connectivity index (χ1v) is 11.5. The van der Waals surface area contributed by atoms with Crippen LogP contribution < -0.4 is 5.32 Å². The lowest BCUT2D eigenvalue weighted by molar-refractivity contribution is -0.117. The Morgan fingerprint density at radius 1 is 1.19 bits per heavy atom. The van der Waals surface area contributed by atoms with E-state index in [0.29, 0.717) is 17.7 Å². The Morgan fingerprint density at radius 3 is 2.58 bits per heavy atom. The molecule has 0 radical (unpaired) electrons. The van der Waals surface area contributed by atoms with Crippen molar-refractivity contribution in [1.29, 1.82) is 5.26 Å². The number of carbonyl (C=O) groups is 1. The van der Waals surface area contributed by atoms with Crippen molar-refractivity contribution in [1.82, 2.24) is 20.1 Å². The van der Waals surface area contributed by atoms with E-state index >= 15 is 0 Å². The average Bonchev–Trinajstić information content (AvgIpc) is 3.35. The second-order valence-electron chi connectivity index (χ2n) is 7.19. The molecule has 1 aromatic carbocycles. The molecule has 1 fully saturated rings. The Bertz CT molecular complexity index is 1280. The second kappa shape index (κ2) is 8.53. The van der Waals surface area contributed by atoms with Gasteiger partial charge in [-0.1, -0.05) is 18.2 Å². The van der Waals surface area contributed by atoms with Crippen LogP contribution in [0.1, 0.15) is 12.0 Å². The van der Waals surface area contributed by atoms with E-state index in [2.05, 4.69) is 15.4 Å². The van der Waals surface area contributed by atoms with Gasteiger partial charge in [0.2, 0.25) is 0 Å². The maximum atomic E-state index is 12.6. The van der Waals surface area contributed by atoms with Crippen LogP contribution in [0.15, 0.2) is 66.6 Å². The van der Waals surface area contributed by atoms with Gasteiger partial charge in [-0.15, -0.1) is 0 Å². The summed E-state index contributed by atoms with van der Waals surface area (Å²) in [4.78, 5) is 16.7. The normalized spacial score (nSPS) is 17.8. The highest BCUT2D eigenvalue weighted by atomic mass is 32.2. The zero-order valence-corrected chi connectivity index (χ0v) is 17.3. The fourth-order valence-corrected chi connectivity index (χ4v) is 5.09. The van der Waals surface area contributed by atoms with E-state index < -0.39 is 21.8 Å². The molecule has 3 heterocycles. The van der Waals surface area contributed by atoms with Crippen molar-refractivity contribution in [2.24, 2.45) is 0 Å². The second-order valence-corrected chi connectivity index (χ2v) is 9.42. The molecule has 1 N–H and O–H groups in total. The zero-order valence-electron chi connectivity index (χ0n) is 16.5. The van der Waals surface area contributed by atoms with Crippen LogP contribution in [0.4, 0.5) is 0 Å². The SMILES string of the molecule is N#C/C(=C\c1cn(-c2ccccc2)nc1-c1ccncc1)C(=O)NC1CCS(=O)(=O)C1. The topological polar surface area (TPSA) is 118 Å². The van der Waals surface area contributed by atoms with E-state index in [1.165, 1.54) is 6.08 Å². The number of hydrogen-bond donors (Lipinski definition) is 1. The fraction of sp³-hybridized carbons (Fsp3) is 0.182. The number of rotatable bonds is 5. The predicted octanol–water partition coefficient (Wildman–Crippen LogP) is 2.14. The van der Waals surface area contributed by atoms with Gasteiger partial charge in [-0.25, -0.2) is 13.1 Å². The van der Waals surface area contributed by atoms with E-state index in [-0.39, 0.29) is 17.1 Å². The maximum absolute atomic E-state index is 12.6.